The maximum absolute atomic E-state index is 10.2. The molecular weight excluding hydrogens is 178 g/mol. The van der Waals surface area contributed by atoms with E-state index in [9.17, 15) is 5.11 Å². The fraction of sp³-hybridized carbons (Fsp3) is 0.700. The summed E-state index contributed by atoms with van der Waals surface area (Å²) in [6.45, 7) is 0.555. The van der Waals surface area contributed by atoms with Crippen LogP contribution >= 0.6 is 0 Å². The molecule has 1 saturated carbocycles. The average molecular weight is 195 g/mol. The molecule has 14 heavy (non-hydrogen) atoms. The molecule has 0 bridgehead atoms. The fourth-order valence-electron chi connectivity index (χ4n) is 2.19. The van der Waals surface area contributed by atoms with Gasteiger partial charge in [-0.25, -0.2) is 0 Å². The van der Waals surface area contributed by atoms with Gasteiger partial charge in [-0.1, -0.05) is 6.42 Å². The molecule has 0 saturated heterocycles. The molecule has 4 nitrogen and oxygen atoms in total. The summed E-state index contributed by atoms with van der Waals surface area (Å²) in [5, 5.41) is 14.3. The molecule has 1 aromatic heterocycles. The molecule has 1 aliphatic rings. The normalized spacial score (nSPS) is 21.6. The molecule has 0 spiro atoms. The molecule has 1 unspecified atom stereocenters. The van der Waals surface area contributed by atoms with Crippen molar-refractivity contribution in [2.45, 2.75) is 25.4 Å². The van der Waals surface area contributed by atoms with Gasteiger partial charge in [0, 0.05) is 25.2 Å². The van der Waals surface area contributed by atoms with Gasteiger partial charge in [-0.05, 0) is 18.9 Å². The van der Waals surface area contributed by atoms with Crippen molar-refractivity contribution in [1.29, 1.82) is 0 Å². The van der Waals surface area contributed by atoms with Crippen molar-refractivity contribution >= 4 is 0 Å². The Morgan fingerprint density at radius 1 is 1.71 bits per heavy atom. The van der Waals surface area contributed by atoms with Crippen molar-refractivity contribution in [3.63, 3.8) is 0 Å². The zero-order valence-electron chi connectivity index (χ0n) is 8.48. The highest BCUT2D eigenvalue weighted by molar-refractivity contribution is 5.11. The van der Waals surface area contributed by atoms with Gasteiger partial charge in [0.15, 0.2) is 0 Å². The predicted octanol–water partition coefficient (Wildman–Crippen LogP) is 0.582. The lowest BCUT2D eigenvalue weighted by atomic mass is 9.64. The number of hydrogen-bond acceptors (Lipinski definition) is 3. The molecule has 78 valence electrons. The number of hydrogen-bond donors (Lipinski definition) is 2. The standard InChI is InChI=1S/C10H17N3O/c1-13-8(3-6-12-13)9(14)10(7-11)4-2-5-10/h3,6,9,14H,2,4-5,7,11H2,1H3. The first-order chi connectivity index (χ1) is 6.69. The lowest BCUT2D eigenvalue weighted by Gasteiger charge is -2.44. The third-order valence-electron chi connectivity index (χ3n) is 3.47. The third-order valence-corrected chi connectivity index (χ3v) is 3.47. The molecule has 4 heteroatoms. The Bertz CT molecular complexity index is 311. The summed E-state index contributed by atoms with van der Waals surface area (Å²) in [5.41, 5.74) is 6.52. The first-order valence-electron chi connectivity index (χ1n) is 5.06. The van der Waals surface area contributed by atoms with Crippen LogP contribution in [0, 0.1) is 5.41 Å². The number of aliphatic hydroxyl groups excluding tert-OH is 1. The van der Waals surface area contributed by atoms with Gasteiger partial charge in [-0.15, -0.1) is 0 Å². The van der Waals surface area contributed by atoms with Gasteiger partial charge in [0.2, 0.25) is 0 Å². The van der Waals surface area contributed by atoms with Crippen LogP contribution < -0.4 is 5.73 Å². The molecule has 1 heterocycles. The van der Waals surface area contributed by atoms with E-state index >= 15 is 0 Å². The van der Waals surface area contributed by atoms with Crippen LogP contribution in [0.15, 0.2) is 12.3 Å². The molecule has 2 rings (SSSR count). The van der Waals surface area contributed by atoms with E-state index in [-0.39, 0.29) is 5.41 Å². The highest BCUT2D eigenvalue weighted by Gasteiger charge is 2.43. The minimum Gasteiger partial charge on any atom is -0.386 e. The Morgan fingerprint density at radius 3 is 2.79 bits per heavy atom. The van der Waals surface area contributed by atoms with Crippen molar-refractivity contribution in [1.82, 2.24) is 9.78 Å². The Labute approximate surface area is 83.7 Å². The minimum atomic E-state index is -0.464. The first-order valence-corrected chi connectivity index (χ1v) is 5.06. The van der Waals surface area contributed by atoms with Gasteiger partial charge in [-0.3, -0.25) is 4.68 Å². The zero-order valence-corrected chi connectivity index (χ0v) is 8.48. The van der Waals surface area contributed by atoms with E-state index < -0.39 is 6.10 Å². The van der Waals surface area contributed by atoms with Crippen molar-refractivity contribution in [3.8, 4) is 0 Å². The molecule has 1 aliphatic carbocycles. The largest absolute Gasteiger partial charge is 0.386 e. The molecule has 0 aromatic carbocycles. The number of aryl methyl sites for hydroxylation is 1. The summed E-state index contributed by atoms with van der Waals surface area (Å²) in [7, 11) is 1.85. The van der Waals surface area contributed by atoms with Crippen LogP contribution in [-0.4, -0.2) is 21.4 Å². The highest BCUT2D eigenvalue weighted by atomic mass is 16.3. The van der Waals surface area contributed by atoms with E-state index in [0.717, 1.165) is 18.5 Å². The van der Waals surface area contributed by atoms with Gasteiger partial charge in [-0.2, -0.15) is 5.10 Å². The van der Waals surface area contributed by atoms with Crippen LogP contribution in [0.25, 0.3) is 0 Å². The van der Waals surface area contributed by atoms with E-state index in [0.29, 0.717) is 6.54 Å². The van der Waals surface area contributed by atoms with Crippen LogP contribution in [0.2, 0.25) is 0 Å². The molecule has 1 aromatic rings. The van der Waals surface area contributed by atoms with Crippen LogP contribution in [0.5, 0.6) is 0 Å². The number of nitrogens with zero attached hydrogens (tertiary/aromatic N) is 2. The molecule has 1 fully saturated rings. The quantitative estimate of drug-likeness (QED) is 0.741. The first kappa shape index (κ1) is 9.68. The topological polar surface area (TPSA) is 64.1 Å². The van der Waals surface area contributed by atoms with Crippen LogP contribution in [0.4, 0.5) is 0 Å². The summed E-state index contributed by atoms with van der Waals surface area (Å²) < 4.78 is 1.72. The van der Waals surface area contributed by atoms with Gasteiger partial charge < -0.3 is 10.8 Å². The van der Waals surface area contributed by atoms with Crippen molar-refractivity contribution in [2.75, 3.05) is 6.54 Å². The van der Waals surface area contributed by atoms with E-state index in [1.54, 1.807) is 10.9 Å². The number of aliphatic hydroxyl groups is 1. The lowest BCUT2D eigenvalue weighted by molar-refractivity contribution is -0.0342. The Morgan fingerprint density at radius 2 is 2.43 bits per heavy atom. The molecule has 0 radical (unpaired) electrons. The third kappa shape index (κ3) is 1.26. The maximum atomic E-state index is 10.2. The summed E-state index contributed by atoms with van der Waals surface area (Å²) in [6.07, 6.45) is 4.47. The Hall–Kier alpha value is -0.870. The molecule has 1 atom stereocenters. The van der Waals surface area contributed by atoms with Crippen LogP contribution in [0.1, 0.15) is 31.1 Å². The fourth-order valence-corrected chi connectivity index (χ4v) is 2.19. The molecular formula is C10H17N3O. The second-order valence-corrected chi connectivity index (χ2v) is 4.20. The molecule has 3 N–H and O–H groups in total. The van der Waals surface area contributed by atoms with Crippen LogP contribution in [0.3, 0.4) is 0 Å². The number of aromatic nitrogens is 2. The monoisotopic (exact) mass is 195 g/mol. The Kier molecular flexibility index (Phi) is 2.33. The van der Waals surface area contributed by atoms with Gasteiger partial charge >= 0.3 is 0 Å². The maximum Gasteiger partial charge on any atom is 0.102 e. The molecule has 0 amide bonds. The molecule has 0 aliphatic heterocycles. The second kappa shape index (κ2) is 3.37. The van der Waals surface area contributed by atoms with Gasteiger partial charge in [0.1, 0.15) is 6.10 Å². The predicted molar refractivity (Wildman–Crippen MR) is 53.5 cm³/mol. The summed E-state index contributed by atoms with van der Waals surface area (Å²) in [6, 6.07) is 1.86. The summed E-state index contributed by atoms with van der Waals surface area (Å²) in [5.74, 6) is 0. The van der Waals surface area contributed by atoms with E-state index in [2.05, 4.69) is 5.10 Å². The van der Waals surface area contributed by atoms with Gasteiger partial charge in [0.25, 0.3) is 0 Å². The van der Waals surface area contributed by atoms with Crippen molar-refractivity contribution < 1.29 is 5.11 Å². The van der Waals surface area contributed by atoms with E-state index in [1.165, 1.54) is 6.42 Å². The smallest absolute Gasteiger partial charge is 0.102 e. The summed E-state index contributed by atoms with van der Waals surface area (Å²) in [4.78, 5) is 0. The average Bonchev–Trinajstić information content (AvgIpc) is 2.50. The van der Waals surface area contributed by atoms with Crippen LogP contribution in [-0.2, 0) is 7.05 Å². The van der Waals surface area contributed by atoms with Crippen molar-refractivity contribution in [2.24, 2.45) is 18.2 Å². The highest BCUT2D eigenvalue weighted by Crippen LogP contribution is 2.49. The lowest BCUT2D eigenvalue weighted by Crippen LogP contribution is -2.43. The van der Waals surface area contributed by atoms with E-state index in [1.807, 2.05) is 13.1 Å². The summed E-state index contributed by atoms with van der Waals surface area (Å²) >= 11 is 0. The SMILES string of the molecule is Cn1nccc1C(O)C1(CN)CCC1. The minimum absolute atomic E-state index is 0.0895. The second-order valence-electron chi connectivity index (χ2n) is 4.20. The number of rotatable bonds is 3. The van der Waals surface area contributed by atoms with E-state index in [4.69, 9.17) is 5.73 Å². The van der Waals surface area contributed by atoms with Crippen molar-refractivity contribution in [3.05, 3.63) is 18.0 Å². The van der Waals surface area contributed by atoms with Gasteiger partial charge in [0.05, 0.1) is 5.69 Å². The Balaban J connectivity index is 2.22. The number of nitrogens with two attached hydrogens (primary N) is 1. The zero-order chi connectivity index (χ0) is 10.2.